The van der Waals surface area contributed by atoms with E-state index in [2.05, 4.69) is 22.5 Å². The third-order valence-corrected chi connectivity index (χ3v) is 5.08. The molecule has 0 bridgehead atoms. The second-order valence-electron chi connectivity index (χ2n) is 8.83. The lowest BCUT2D eigenvalue weighted by atomic mass is 9.96. The minimum absolute atomic E-state index is 0.0918. The molecule has 0 saturated carbocycles. The molecule has 1 unspecified atom stereocenters. The Balaban J connectivity index is 1.75. The quantitative estimate of drug-likeness (QED) is 0.469. The van der Waals surface area contributed by atoms with Crippen molar-refractivity contribution in [2.75, 3.05) is 26.8 Å². The van der Waals surface area contributed by atoms with Gasteiger partial charge in [-0.2, -0.15) is 0 Å². The number of amides is 2. The van der Waals surface area contributed by atoms with Gasteiger partial charge in [-0.3, -0.25) is 14.9 Å². The molecule has 0 aromatic heterocycles. The zero-order valence-electron chi connectivity index (χ0n) is 19.2. The van der Waals surface area contributed by atoms with Crippen molar-refractivity contribution in [3.05, 3.63) is 54.1 Å². The van der Waals surface area contributed by atoms with Crippen LogP contribution in [0.3, 0.4) is 0 Å². The summed E-state index contributed by atoms with van der Waals surface area (Å²) in [5.74, 6) is 0.233. The summed E-state index contributed by atoms with van der Waals surface area (Å²) in [5, 5.41) is 9.10. The minimum Gasteiger partial charge on any atom is -0.484 e. The Morgan fingerprint density at radius 2 is 1.77 bits per heavy atom. The average Bonchev–Trinajstić information content (AvgIpc) is 2.94. The van der Waals surface area contributed by atoms with Gasteiger partial charge in [0.2, 0.25) is 5.91 Å². The van der Waals surface area contributed by atoms with Gasteiger partial charge in [-0.1, -0.05) is 24.3 Å². The highest BCUT2D eigenvalue weighted by Crippen LogP contribution is 2.29. The van der Waals surface area contributed by atoms with Crippen LogP contribution < -0.4 is 20.7 Å². The van der Waals surface area contributed by atoms with Crippen LogP contribution in [-0.4, -0.2) is 55.8 Å². The molecule has 1 aliphatic heterocycles. The van der Waals surface area contributed by atoms with E-state index in [1.54, 1.807) is 7.11 Å². The molecule has 1 aromatic carbocycles. The number of methoxy groups -OCH3 is 1. The topological polar surface area (TPSA) is 88.7 Å². The molecule has 0 spiro atoms. The third-order valence-electron chi connectivity index (χ3n) is 5.08. The Bertz CT molecular complexity index is 813. The molecule has 0 aliphatic carbocycles. The van der Waals surface area contributed by atoms with Gasteiger partial charge in [-0.15, -0.1) is 6.58 Å². The fourth-order valence-corrected chi connectivity index (χ4v) is 3.66. The van der Waals surface area contributed by atoms with E-state index in [0.29, 0.717) is 11.3 Å². The lowest BCUT2D eigenvalue weighted by Gasteiger charge is -2.27. The van der Waals surface area contributed by atoms with Crippen LogP contribution in [0, 0.1) is 0 Å². The highest BCUT2D eigenvalue weighted by Gasteiger charge is 2.40. The van der Waals surface area contributed by atoms with Gasteiger partial charge < -0.3 is 20.1 Å². The molecule has 7 heteroatoms. The van der Waals surface area contributed by atoms with E-state index in [4.69, 9.17) is 9.47 Å². The summed E-state index contributed by atoms with van der Waals surface area (Å²) in [6.45, 7) is 12.2. The van der Waals surface area contributed by atoms with Crippen molar-refractivity contribution in [1.82, 2.24) is 16.0 Å². The van der Waals surface area contributed by atoms with E-state index in [9.17, 15) is 9.59 Å². The number of ether oxygens (including phenoxy) is 2. The molecule has 2 rings (SSSR count). The van der Waals surface area contributed by atoms with Crippen molar-refractivity contribution in [3.8, 4) is 5.75 Å². The average molecular weight is 430 g/mol. The Morgan fingerprint density at radius 1 is 1.13 bits per heavy atom. The van der Waals surface area contributed by atoms with Crippen molar-refractivity contribution in [2.24, 2.45) is 0 Å². The smallest absolute Gasteiger partial charge is 0.258 e. The van der Waals surface area contributed by atoms with Gasteiger partial charge in [0, 0.05) is 36.9 Å². The van der Waals surface area contributed by atoms with E-state index in [-0.39, 0.29) is 43.2 Å². The molecule has 1 aliphatic rings. The van der Waals surface area contributed by atoms with Crippen molar-refractivity contribution in [1.29, 1.82) is 0 Å². The molecule has 0 saturated heterocycles. The Hall–Kier alpha value is -2.64. The number of carbonyl (C=O) groups is 2. The van der Waals surface area contributed by atoms with E-state index >= 15 is 0 Å². The SMILES string of the molecule is C=CCc1ccc(OCC(=O)NCC(CNC(=O)C2=CC(C)(C)NC2(C)C)OC)cc1. The van der Waals surface area contributed by atoms with E-state index in [1.165, 1.54) is 0 Å². The molecule has 170 valence electrons. The Labute approximate surface area is 185 Å². The van der Waals surface area contributed by atoms with Crippen molar-refractivity contribution < 1.29 is 19.1 Å². The van der Waals surface area contributed by atoms with Crippen LogP contribution in [0.2, 0.25) is 0 Å². The zero-order chi connectivity index (χ0) is 23.1. The maximum absolute atomic E-state index is 12.6. The van der Waals surface area contributed by atoms with Gasteiger partial charge in [0.15, 0.2) is 6.61 Å². The first-order valence-electron chi connectivity index (χ1n) is 10.5. The standard InChI is InChI=1S/C24H35N3O4/c1-7-8-17-9-11-18(12-10-17)31-16-21(28)25-14-19(30-6)15-26-22(29)20-13-23(2,3)27-24(20,4)5/h7,9-13,19,27H,1,8,14-16H2,2-6H3,(H,25,28)(H,26,29). The van der Waals surface area contributed by atoms with Crippen LogP contribution in [0.5, 0.6) is 5.75 Å². The van der Waals surface area contributed by atoms with Crippen molar-refractivity contribution in [2.45, 2.75) is 51.3 Å². The van der Waals surface area contributed by atoms with Crippen LogP contribution >= 0.6 is 0 Å². The summed E-state index contributed by atoms with van der Waals surface area (Å²) >= 11 is 0. The first-order valence-corrected chi connectivity index (χ1v) is 10.5. The van der Waals surface area contributed by atoms with Crippen molar-refractivity contribution in [3.63, 3.8) is 0 Å². The Morgan fingerprint density at radius 3 is 2.32 bits per heavy atom. The minimum atomic E-state index is -0.411. The van der Waals surface area contributed by atoms with E-state index in [1.807, 2.05) is 64.1 Å². The molecular weight excluding hydrogens is 394 g/mol. The number of nitrogens with one attached hydrogen (secondary N) is 3. The van der Waals surface area contributed by atoms with E-state index < -0.39 is 5.54 Å². The van der Waals surface area contributed by atoms with Crippen LogP contribution in [0.4, 0.5) is 0 Å². The fraction of sp³-hybridized carbons (Fsp3) is 0.500. The van der Waals surface area contributed by atoms with Gasteiger partial charge in [-0.25, -0.2) is 0 Å². The number of hydrogen-bond acceptors (Lipinski definition) is 5. The maximum Gasteiger partial charge on any atom is 0.258 e. The molecule has 1 aromatic rings. The van der Waals surface area contributed by atoms with Gasteiger partial charge in [0.05, 0.1) is 6.10 Å². The van der Waals surface area contributed by atoms with Crippen LogP contribution in [0.15, 0.2) is 48.6 Å². The third kappa shape index (κ3) is 7.52. The summed E-state index contributed by atoms with van der Waals surface area (Å²) in [6, 6.07) is 7.54. The van der Waals surface area contributed by atoms with Crippen LogP contribution in [0.25, 0.3) is 0 Å². The number of benzene rings is 1. The molecule has 1 heterocycles. The molecule has 1 atom stereocenters. The first kappa shape index (κ1) is 24.6. The molecular formula is C24H35N3O4. The molecule has 31 heavy (non-hydrogen) atoms. The highest BCUT2D eigenvalue weighted by molar-refractivity contribution is 5.96. The number of carbonyl (C=O) groups excluding carboxylic acids is 2. The predicted octanol–water partition coefficient (Wildman–Crippen LogP) is 2.13. The zero-order valence-corrected chi connectivity index (χ0v) is 19.2. The van der Waals surface area contributed by atoms with Crippen LogP contribution in [0.1, 0.15) is 33.3 Å². The number of allylic oxidation sites excluding steroid dienone is 1. The summed E-state index contributed by atoms with van der Waals surface area (Å²) in [6.07, 6.45) is 4.23. The van der Waals surface area contributed by atoms with Gasteiger partial charge >= 0.3 is 0 Å². The van der Waals surface area contributed by atoms with Crippen LogP contribution in [-0.2, 0) is 20.7 Å². The van der Waals surface area contributed by atoms with Gasteiger partial charge in [-0.05, 0) is 51.8 Å². The molecule has 0 fully saturated rings. The summed E-state index contributed by atoms with van der Waals surface area (Å²) < 4.78 is 10.9. The molecule has 2 amide bonds. The second kappa shape index (κ2) is 10.6. The molecule has 0 radical (unpaired) electrons. The lowest BCUT2D eigenvalue weighted by molar-refractivity contribution is -0.123. The van der Waals surface area contributed by atoms with Gasteiger partial charge in [0.1, 0.15) is 5.75 Å². The summed E-state index contributed by atoms with van der Waals surface area (Å²) in [5.41, 5.74) is 1.18. The fourth-order valence-electron chi connectivity index (χ4n) is 3.66. The number of hydrogen-bond donors (Lipinski definition) is 3. The number of rotatable bonds is 11. The highest BCUT2D eigenvalue weighted by atomic mass is 16.5. The largest absolute Gasteiger partial charge is 0.484 e. The lowest BCUT2D eigenvalue weighted by Crippen LogP contribution is -2.48. The molecule has 3 N–H and O–H groups in total. The van der Waals surface area contributed by atoms with Gasteiger partial charge in [0.25, 0.3) is 5.91 Å². The summed E-state index contributed by atoms with van der Waals surface area (Å²) in [4.78, 5) is 24.7. The maximum atomic E-state index is 12.6. The van der Waals surface area contributed by atoms with Crippen molar-refractivity contribution >= 4 is 11.8 Å². The Kier molecular flexibility index (Phi) is 8.42. The van der Waals surface area contributed by atoms with E-state index in [0.717, 1.165) is 12.0 Å². The monoisotopic (exact) mass is 429 g/mol. The molecule has 7 nitrogen and oxygen atoms in total. The first-order chi connectivity index (χ1) is 14.6. The normalized spacial score (nSPS) is 17.4. The summed E-state index contributed by atoms with van der Waals surface area (Å²) in [7, 11) is 1.55. The second-order valence-corrected chi connectivity index (χ2v) is 8.83. The predicted molar refractivity (Wildman–Crippen MR) is 122 cm³/mol.